The predicted octanol–water partition coefficient (Wildman–Crippen LogP) is -1.16. The Morgan fingerprint density at radius 1 is 1.17 bits per heavy atom. The summed E-state index contributed by atoms with van der Waals surface area (Å²) < 4.78 is 51.3. The lowest BCUT2D eigenvalue weighted by Crippen LogP contribution is -2.33. The van der Waals surface area contributed by atoms with Crippen molar-refractivity contribution in [3.05, 3.63) is 32.6 Å². The van der Waals surface area contributed by atoms with E-state index in [1.54, 1.807) is 0 Å². The fourth-order valence-corrected chi connectivity index (χ4v) is 5.34. The summed E-state index contributed by atoms with van der Waals surface area (Å²) in [7, 11) is -16.6. The third-order valence-corrected chi connectivity index (χ3v) is 7.28. The number of aryl methyl sites for hydroxylation is 1. The molecule has 0 radical (unpaired) electrons. The van der Waals surface area contributed by atoms with Crippen LogP contribution in [0.2, 0.25) is 0 Å². The van der Waals surface area contributed by atoms with E-state index in [0.29, 0.717) is 0 Å². The van der Waals surface area contributed by atoms with Gasteiger partial charge in [0.1, 0.15) is 12.3 Å². The first-order valence-electron chi connectivity index (χ1n) is 7.52. The summed E-state index contributed by atoms with van der Waals surface area (Å²) in [4.78, 5) is 60.6. The van der Waals surface area contributed by atoms with Crippen LogP contribution < -0.4 is 11.2 Å². The summed E-state index contributed by atoms with van der Waals surface area (Å²) in [6.07, 6.45) is -2.67. The maximum Gasteiger partial charge on any atom is 0.490 e. The summed E-state index contributed by atoms with van der Waals surface area (Å²) in [5, 5.41) is 9.98. The molecule has 1 aromatic heterocycles. The molecule has 6 N–H and O–H groups in total. The van der Waals surface area contributed by atoms with E-state index in [4.69, 9.17) is 19.4 Å². The largest absolute Gasteiger partial charge is 0.490 e. The van der Waals surface area contributed by atoms with Crippen LogP contribution in [0.3, 0.4) is 0 Å². The number of H-pyrrole nitrogens is 1. The first-order valence-corrected chi connectivity index (χ1v) is 12.0. The molecule has 1 fully saturated rings. The van der Waals surface area contributed by atoms with E-state index in [2.05, 4.69) is 13.1 Å². The number of ether oxygens (including phenoxy) is 1. The van der Waals surface area contributed by atoms with Gasteiger partial charge in [0, 0.05) is 18.2 Å². The van der Waals surface area contributed by atoms with Crippen molar-refractivity contribution in [3.8, 4) is 0 Å². The van der Waals surface area contributed by atoms with E-state index in [-0.39, 0.29) is 12.0 Å². The smallest absolute Gasteiger partial charge is 0.390 e. The molecule has 2 rings (SSSR count). The predicted molar refractivity (Wildman–Crippen MR) is 90.4 cm³/mol. The number of nitrogens with zero attached hydrogens (tertiary/aromatic N) is 1. The molecular formula is C10H17N2O14P3. The number of hydrogen-bond donors (Lipinski definition) is 6. The van der Waals surface area contributed by atoms with Crippen LogP contribution in [0.1, 0.15) is 18.2 Å². The monoisotopic (exact) mass is 482 g/mol. The molecule has 2 heterocycles. The van der Waals surface area contributed by atoms with Crippen molar-refractivity contribution in [2.24, 2.45) is 0 Å². The molecule has 4 unspecified atom stereocenters. The molecule has 1 aliphatic rings. The minimum absolute atomic E-state index is 0.171. The lowest BCUT2D eigenvalue weighted by molar-refractivity contribution is -0.0450. The van der Waals surface area contributed by atoms with Crippen molar-refractivity contribution >= 4 is 23.5 Å². The van der Waals surface area contributed by atoms with Crippen molar-refractivity contribution < 1.29 is 56.3 Å². The number of phosphoric acid groups is 3. The van der Waals surface area contributed by atoms with Crippen LogP contribution >= 0.6 is 23.5 Å². The Labute approximate surface area is 161 Å². The molecule has 0 aromatic carbocycles. The van der Waals surface area contributed by atoms with E-state index in [1.807, 2.05) is 4.98 Å². The van der Waals surface area contributed by atoms with Gasteiger partial charge in [-0.25, -0.2) is 18.5 Å². The third kappa shape index (κ3) is 7.03. The lowest BCUT2D eigenvalue weighted by Gasteiger charge is -2.19. The second kappa shape index (κ2) is 8.63. The number of aromatic nitrogens is 2. The summed E-state index contributed by atoms with van der Waals surface area (Å²) in [6, 6.07) is 0. The molecule has 0 amide bonds. The Balaban J connectivity index is 2.03. The molecule has 19 heteroatoms. The van der Waals surface area contributed by atoms with Crippen molar-refractivity contribution in [1.29, 1.82) is 0 Å². The number of aliphatic hydroxyl groups excluding tert-OH is 1. The Morgan fingerprint density at radius 3 is 2.38 bits per heavy atom. The zero-order valence-corrected chi connectivity index (χ0v) is 17.1. The third-order valence-electron chi connectivity index (χ3n) is 3.48. The zero-order chi connectivity index (χ0) is 22.2. The molecule has 5 atom stereocenters. The number of hydrogen-bond acceptors (Lipinski definition) is 10. The number of phosphoric ester groups is 1. The van der Waals surface area contributed by atoms with Gasteiger partial charge in [-0.05, 0) is 6.92 Å². The van der Waals surface area contributed by atoms with Gasteiger partial charge in [0.25, 0.3) is 5.56 Å². The molecule has 29 heavy (non-hydrogen) atoms. The lowest BCUT2D eigenvalue weighted by atomic mass is 10.2. The van der Waals surface area contributed by atoms with Crippen molar-refractivity contribution in [1.82, 2.24) is 9.55 Å². The van der Waals surface area contributed by atoms with Gasteiger partial charge in [-0.15, -0.1) is 0 Å². The van der Waals surface area contributed by atoms with E-state index < -0.39 is 59.8 Å². The van der Waals surface area contributed by atoms with Crippen molar-refractivity contribution in [2.45, 2.75) is 31.8 Å². The van der Waals surface area contributed by atoms with Crippen molar-refractivity contribution in [3.63, 3.8) is 0 Å². The Hall–Kier alpha value is -0.990. The molecule has 1 aromatic rings. The first-order chi connectivity index (χ1) is 13.1. The topological polar surface area (TPSA) is 244 Å². The van der Waals surface area contributed by atoms with Gasteiger partial charge in [-0.2, -0.15) is 8.62 Å². The van der Waals surface area contributed by atoms with E-state index >= 15 is 0 Å². The number of aliphatic hydroxyl groups is 1. The van der Waals surface area contributed by atoms with Gasteiger partial charge in [0.05, 0.1) is 12.7 Å². The molecule has 0 saturated carbocycles. The molecule has 0 bridgehead atoms. The fraction of sp³-hybridized carbons (Fsp3) is 0.600. The zero-order valence-electron chi connectivity index (χ0n) is 14.4. The number of aromatic amines is 1. The SMILES string of the molecule is Cc1cn(C2C[C@H](O)C(COP(=O)(O)OP(=O)(O)OP(=O)(O)O)O2)c(=O)[nH]c1=O. The standard InChI is InChI=1S/C10H17N2O14P3/c1-5-3-12(10(15)11-9(5)14)8-2-6(13)7(24-8)4-23-28(19,20)26-29(21,22)25-27(16,17)18/h3,6-8,13H,2,4H2,1H3,(H,19,20)(H,21,22)(H,11,14,15)(H2,16,17,18)/t6-,7?,8?/m0/s1. The number of rotatable bonds is 8. The Kier molecular flexibility index (Phi) is 7.23. The fourth-order valence-electron chi connectivity index (χ4n) is 2.31. The van der Waals surface area contributed by atoms with Gasteiger partial charge in [-0.3, -0.25) is 18.9 Å². The summed E-state index contributed by atoms with van der Waals surface area (Å²) in [5.41, 5.74) is -1.26. The van der Waals surface area contributed by atoms with Crippen LogP contribution in [0.25, 0.3) is 0 Å². The molecule has 1 saturated heterocycles. The quantitative estimate of drug-likeness (QED) is 0.239. The second-order valence-corrected chi connectivity index (χ2v) is 10.2. The van der Waals surface area contributed by atoms with Gasteiger partial charge < -0.3 is 29.4 Å². The molecule has 16 nitrogen and oxygen atoms in total. The minimum atomic E-state index is -5.67. The van der Waals surface area contributed by atoms with Crippen LogP contribution in [0.4, 0.5) is 0 Å². The van der Waals surface area contributed by atoms with Crippen LogP contribution in [-0.4, -0.2) is 53.0 Å². The van der Waals surface area contributed by atoms with Crippen LogP contribution in [0.15, 0.2) is 15.8 Å². The van der Waals surface area contributed by atoms with E-state index in [1.165, 1.54) is 13.1 Å². The first kappa shape index (κ1) is 24.3. The van der Waals surface area contributed by atoms with E-state index in [0.717, 1.165) is 4.57 Å². The maximum atomic E-state index is 11.9. The van der Waals surface area contributed by atoms with Crippen LogP contribution in [0.5, 0.6) is 0 Å². The van der Waals surface area contributed by atoms with Crippen LogP contribution in [0, 0.1) is 6.92 Å². The molecule has 1 aliphatic heterocycles. The summed E-state index contributed by atoms with van der Waals surface area (Å²) in [6.45, 7) is 0.547. The number of nitrogens with one attached hydrogen (secondary N) is 1. The molecule has 166 valence electrons. The molecular weight excluding hydrogens is 465 g/mol. The Bertz CT molecular complexity index is 1010. The minimum Gasteiger partial charge on any atom is -0.390 e. The van der Waals surface area contributed by atoms with E-state index in [9.17, 15) is 33.3 Å². The highest BCUT2D eigenvalue weighted by atomic mass is 31.3. The summed E-state index contributed by atoms with van der Waals surface area (Å²) in [5.74, 6) is 0. The highest BCUT2D eigenvalue weighted by Crippen LogP contribution is 2.66. The van der Waals surface area contributed by atoms with Gasteiger partial charge >= 0.3 is 29.2 Å². The molecule has 0 spiro atoms. The second-order valence-electron chi connectivity index (χ2n) is 5.80. The average Bonchev–Trinajstić information content (AvgIpc) is 2.86. The average molecular weight is 482 g/mol. The van der Waals surface area contributed by atoms with Gasteiger partial charge in [0.15, 0.2) is 0 Å². The van der Waals surface area contributed by atoms with Gasteiger partial charge in [-0.1, -0.05) is 0 Å². The van der Waals surface area contributed by atoms with Gasteiger partial charge in [0.2, 0.25) is 0 Å². The maximum absolute atomic E-state index is 11.9. The van der Waals surface area contributed by atoms with Crippen LogP contribution in [-0.2, 0) is 31.6 Å². The molecule has 0 aliphatic carbocycles. The van der Waals surface area contributed by atoms with Crippen molar-refractivity contribution in [2.75, 3.05) is 6.61 Å². The Morgan fingerprint density at radius 2 is 1.79 bits per heavy atom. The highest BCUT2D eigenvalue weighted by Gasteiger charge is 2.42. The highest BCUT2D eigenvalue weighted by molar-refractivity contribution is 7.66. The normalized spacial score (nSPS) is 26.8. The summed E-state index contributed by atoms with van der Waals surface area (Å²) >= 11 is 0.